The predicted molar refractivity (Wildman–Crippen MR) is 97.3 cm³/mol. The van der Waals surface area contributed by atoms with Crippen molar-refractivity contribution in [3.63, 3.8) is 0 Å². The van der Waals surface area contributed by atoms with E-state index in [4.69, 9.17) is 4.52 Å². The van der Waals surface area contributed by atoms with Crippen LogP contribution in [0.15, 0.2) is 22.7 Å². The molecule has 2 saturated heterocycles. The third kappa shape index (κ3) is 4.04. The molecule has 0 atom stereocenters. The Hall–Kier alpha value is -1.46. The molecule has 0 amide bonds. The van der Waals surface area contributed by atoms with E-state index in [0.29, 0.717) is 11.5 Å². The first-order chi connectivity index (χ1) is 12.3. The van der Waals surface area contributed by atoms with Crippen molar-refractivity contribution in [1.82, 2.24) is 15.0 Å². The van der Waals surface area contributed by atoms with Crippen molar-refractivity contribution in [2.24, 2.45) is 0 Å². The van der Waals surface area contributed by atoms with Crippen LogP contribution in [-0.4, -0.2) is 54.2 Å². The normalized spacial score (nSPS) is 21.2. The van der Waals surface area contributed by atoms with Crippen LogP contribution >= 0.6 is 0 Å². The summed E-state index contributed by atoms with van der Waals surface area (Å²) in [4.78, 5) is 5.21. The molecule has 2 aliphatic rings. The minimum absolute atomic E-state index is 0.265. The Morgan fingerprint density at radius 2 is 1.72 bits per heavy atom. The number of hydrogen-bond acceptors (Lipinski definition) is 4. The molecule has 25 heavy (non-hydrogen) atoms. The van der Waals surface area contributed by atoms with Gasteiger partial charge in [-0.05, 0) is 83.5 Å². The van der Waals surface area contributed by atoms with E-state index in [0.717, 1.165) is 37.0 Å². The van der Waals surface area contributed by atoms with Crippen LogP contribution in [0.25, 0.3) is 11.0 Å². The standard InChI is InChI=1S/C20H28FN3O/c21-17-5-6-18-19(15-17)25-22-20(18)16-7-13-24(14-8-16)12-4-11-23-9-2-1-3-10-23/h5-6,15-16H,1-4,7-14H2. The molecule has 2 fully saturated rings. The second-order valence-corrected chi connectivity index (χ2v) is 7.58. The Morgan fingerprint density at radius 3 is 2.48 bits per heavy atom. The third-order valence-electron chi connectivity index (χ3n) is 5.83. The average Bonchev–Trinajstić information content (AvgIpc) is 3.06. The van der Waals surface area contributed by atoms with E-state index < -0.39 is 0 Å². The van der Waals surface area contributed by atoms with Crippen molar-refractivity contribution in [2.75, 3.05) is 39.3 Å². The summed E-state index contributed by atoms with van der Waals surface area (Å²) in [5.41, 5.74) is 1.59. The first kappa shape index (κ1) is 17.0. The molecule has 2 aromatic rings. The topological polar surface area (TPSA) is 32.5 Å². The van der Waals surface area contributed by atoms with Crippen molar-refractivity contribution in [1.29, 1.82) is 0 Å². The molecule has 1 aromatic carbocycles. The monoisotopic (exact) mass is 345 g/mol. The van der Waals surface area contributed by atoms with E-state index in [1.54, 1.807) is 0 Å². The zero-order valence-corrected chi connectivity index (χ0v) is 14.9. The molecule has 4 rings (SSSR count). The molecule has 0 spiro atoms. The number of hydrogen-bond donors (Lipinski definition) is 0. The average molecular weight is 345 g/mol. The number of fused-ring (bicyclic) bond motifs is 1. The maximum Gasteiger partial charge on any atom is 0.170 e. The lowest BCUT2D eigenvalue weighted by Gasteiger charge is -2.32. The lowest BCUT2D eigenvalue weighted by Crippen LogP contribution is -2.36. The zero-order chi connectivity index (χ0) is 17.1. The fourth-order valence-electron chi connectivity index (χ4n) is 4.36. The molecule has 0 bridgehead atoms. The first-order valence-corrected chi connectivity index (χ1v) is 9.79. The first-order valence-electron chi connectivity index (χ1n) is 9.79. The summed E-state index contributed by atoms with van der Waals surface area (Å²) in [5.74, 6) is 0.170. The van der Waals surface area contributed by atoms with E-state index in [2.05, 4.69) is 15.0 Å². The summed E-state index contributed by atoms with van der Waals surface area (Å²) in [6.07, 6.45) is 7.66. The van der Waals surface area contributed by atoms with Gasteiger partial charge in [0.05, 0.1) is 5.69 Å². The molecule has 1 aromatic heterocycles. The van der Waals surface area contributed by atoms with Crippen LogP contribution in [0.2, 0.25) is 0 Å². The molecule has 3 heterocycles. The van der Waals surface area contributed by atoms with Crippen LogP contribution in [0.1, 0.15) is 50.1 Å². The van der Waals surface area contributed by atoms with E-state index in [1.807, 2.05) is 6.07 Å². The van der Waals surface area contributed by atoms with Gasteiger partial charge in [-0.15, -0.1) is 0 Å². The molecular formula is C20H28FN3O. The van der Waals surface area contributed by atoms with Crippen LogP contribution in [0.5, 0.6) is 0 Å². The van der Waals surface area contributed by atoms with Gasteiger partial charge < -0.3 is 14.3 Å². The molecule has 2 aliphatic heterocycles. The van der Waals surface area contributed by atoms with Crippen molar-refractivity contribution in [3.05, 3.63) is 29.7 Å². The van der Waals surface area contributed by atoms with Crippen LogP contribution in [0.4, 0.5) is 4.39 Å². The second kappa shape index (κ2) is 7.83. The summed E-state index contributed by atoms with van der Waals surface area (Å²) in [7, 11) is 0. The second-order valence-electron chi connectivity index (χ2n) is 7.58. The number of aromatic nitrogens is 1. The lowest BCUT2D eigenvalue weighted by atomic mass is 9.91. The van der Waals surface area contributed by atoms with Crippen molar-refractivity contribution in [3.8, 4) is 0 Å². The molecule has 0 N–H and O–H groups in total. The molecule has 4 nitrogen and oxygen atoms in total. The minimum Gasteiger partial charge on any atom is -0.356 e. The maximum absolute atomic E-state index is 13.3. The largest absolute Gasteiger partial charge is 0.356 e. The number of likely N-dealkylation sites (tertiary alicyclic amines) is 2. The highest BCUT2D eigenvalue weighted by Crippen LogP contribution is 2.32. The maximum atomic E-state index is 13.3. The van der Waals surface area contributed by atoms with Crippen LogP contribution < -0.4 is 0 Å². The van der Waals surface area contributed by atoms with Gasteiger partial charge in [-0.2, -0.15) is 0 Å². The quantitative estimate of drug-likeness (QED) is 0.819. The Kier molecular flexibility index (Phi) is 5.32. The Balaban J connectivity index is 1.26. The Labute approximate surface area is 148 Å². The summed E-state index contributed by atoms with van der Waals surface area (Å²) in [6.45, 7) is 7.29. The Morgan fingerprint density at radius 1 is 1.00 bits per heavy atom. The van der Waals surface area contributed by atoms with Crippen molar-refractivity contribution >= 4 is 11.0 Å². The third-order valence-corrected chi connectivity index (χ3v) is 5.83. The number of rotatable bonds is 5. The van der Waals surface area contributed by atoms with Crippen LogP contribution in [-0.2, 0) is 0 Å². The smallest absolute Gasteiger partial charge is 0.170 e. The minimum atomic E-state index is -0.265. The lowest BCUT2D eigenvalue weighted by molar-refractivity contribution is 0.179. The highest BCUT2D eigenvalue weighted by atomic mass is 19.1. The van der Waals surface area contributed by atoms with Crippen molar-refractivity contribution in [2.45, 2.75) is 44.4 Å². The van der Waals surface area contributed by atoms with E-state index in [-0.39, 0.29) is 5.82 Å². The molecule has 0 unspecified atom stereocenters. The molecular weight excluding hydrogens is 317 g/mol. The molecule has 136 valence electrons. The van der Waals surface area contributed by atoms with Gasteiger partial charge in [0.2, 0.25) is 0 Å². The zero-order valence-electron chi connectivity index (χ0n) is 14.9. The fourth-order valence-corrected chi connectivity index (χ4v) is 4.36. The summed E-state index contributed by atoms with van der Waals surface area (Å²) in [6, 6.07) is 4.74. The van der Waals surface area contributed by atoms with E-state index >= 15 is 0 Å². The van der Waals surface area contributed by atoms with Gasteiger partial charge >= 0.3 is 0 Å². The Bertz CT molecular complexity index is 687. The van der Waals surface area contributed by atoms with Gasteiger partial charge in [0, 0.05) is 17.4 Å². The van der Waals surface area contributed by atoms with Gasteiger partial charge in [0.25, 0.3) is 0 Å². The summed E-state index contributed by atoms with van der Waals surface area (Å²) < 4.78 is 18.6. The van der Waals surface area contributed by atoms with Gasteiger partial charge in [0.15, 0.2) is 5.58 Å². The van der Waals surface area contributed by atoms with E-state index in [1.165, 1.54) is 64.0 Å². The van der Waals surface area contributed by atoms with Crippen LogP contribution in [0, 0.1) is 5.82 Å². The van der Waals surface area contributed by atoms with E-state index in [9.17, 15) is 4.39 Å². The van der Waals surface area contributed by atoms with Gasteiger partial charge in [0.1, 0.15) is 5.82 Å². The van der Waals surface area contributed by atoms with Crippen LogP contribution in [0.3, 0.4) is 0 Å². The highest BCUT2D eigenvalue weighted by Gasteiger charge is 2.25. The van der Waals surface area contributed by atoms with Crippen molar-refractivity contribution < 1.29 is 8.91 Å². The summed E-state index contributed by atoms with van der Waals surface area (Å²) >= 11 is 0. The highest BCUT2D eigenvalue weighted by molar-refractivity contribution is 5.79. The fraction of sp³-hybridized carbons (Fsp3) is 0.650. The van der Waals surface area contributed by atoms with Gasteiger partial charge in [-0.1, -0.05) is 11.6 Å². The number of piperidine rings is 2. The molecule has 0 saturated carbocycles. The predicted octanol–water partition coefficient (Wildman–Crippen LogP) is 4.02. The van der Waals surface area contributed by atoms with Gasteiger partial charge in [-0.3, -0.25) is 0 Å². The SMILES string of the molecule is Fc1ccc2c(C3CCN(CCCN4CCCCC4)CC3)noc2c1. The molecule has 5 heteroatoms. The molecule has 0 radical (unpaired) electrons. The summed E-state index contributed by atoms with van der Waals surface area (Å²) in [5, 5.41) is 5.22. The van der Waals surface area contributed by atoms with Gasteiger partial charge in [-0.25, -0.2) is 4.39 Å². The number of halogens is 1. The number of benzene rings is 1. The number of nitrogens with zero attached hydrogens (tertiary/aromatic N) is 3. The molecule has 0 aliphatic carbocycles.